The van der Waals surface area contributed by atoms with E-state index < -0.39 is 5.60 Å². The van der Waals surface area contributed by atoms with Crippen LogP contribution in [0.5, 0.6) is 11.5 Å². The highest BCUT2D eigenvalue weighted by atomic mass is 16.5. The summed E-state index contributed by atoms with van der Waals surface area (Å²) in [5.74, 6) is 1.17. The number of methoxy groups -OCH3 is 2. The van der Waals surface area contributed by atoms with E-state index >= 15 is 0 Å². The van der Waals surface area contributed by atoms with Gasteiger partial charge in [0.2, 0.25) is 0 Å². The number of aliphatic hydroxyl groups is 1. The molecule has 5 heteroatoms. The van der Waals surface area contributed by atoms with Gasteiger partial charge in [-0.25, -0.2) is 0 Å². The lowest BCUT2D eigenvalue weighted by atomic mass is 9.82. The Bertz CT molecular complexity index is 484. The number of benzene rings is 1. The van der Waals surface area contributed by atoms with Crippen molar-refractivity contribution in [2.24, 2.45) is 5.92 Å². The standard InChI is InChI=1S/C15H21NO4/c1-10(2)15(18)8-16(9-15)14(17)11-5-12(19-3)7-13(6-11)20-4/h5-7,10,18H,8-9H2,1-4H3. The van der Waals surface area contributed by atoms with Crippen LogP contribution in [0.1, 0.15) is 24.2 Å². The van der Waals surface area contributed by atoms with Gasteiger partial charge in [-0.2, -0.15) is 0 Å². The number of rotatable bonds is 4. The smallest absolute Gasteiger partial charge is 0.254 e. The Morgan fingerprint density at radius 3 is 2.10 bits per heavy atom. The van der Waals surface area contributed by atoms with Crippen LogP contribution in [0.15, 0.2) is 18.2 Å². The molecule has 20 heavy (non-hydrogen) atoms. The van der Waals surface area contributed by atoms with Crippen LogP contribution in [0.3, 0.4) is 0 Å². The van der Waals surface area contributed by atoms with Gasteiger partial charge in [-0.05, 0) is 18.1 Å². The minimum atomic E-state index is -0.765. The summed E-state index contributed by atoms with van der Waals surface area (Å²) in [7, 11) is 3.09. The first kappa shape index (κ1) is 14.7. The van der Waals surface area contributed by atoms with E-state index in [0.717, 1.165) is 0 Å². The summed E-state index contributed by atoms with van der Waals surface area (Å²) in [6.45, 7) is 4.64. The number of hydrogen-bond acceptors (Lipinski definition) is 4. The summed E-state index contributed by atoms with van der Waals surface area (Å²) in [6, 6.07) is 5.08. The van der Waals surface area contributed by atoms with Gasteiger partial charge in [0.15, 0.2) is 0 Å². The molecule has 1 fully saturated rings. The van der Waals surface area contributed by atoms with E-state index in [0.29, 0.717) is 30.2 Å². The number of carbonyl (C=O) groups is 1. The molecule has 0 saturated carbocycles. The van der Waals surface area contributed by atoms with Gasteiger partial charge >= 0.3 is 0 Å². The molecule has 1 aliphatic rings. The lowest BCUT2D eigenvalue weighted by molar-refractivity contribution is -0.110. The molecule has 1 N–H and O–H groups in total. The maximum absolute atomic E-state index is 12.4. The van der Waals surface area contributed by atoms with Crippen molar-refractivity contribution >= 4 is 5.91 Å². The van der Waals surface area contributed by atoms with Gasteiger partial charge in [0.1, 0.15) is 17.1 Å². The fraction of sp³-hybridized carbons (Fsp3) is 0.533. The highest BCUT2D eigenvalue weighted by Gasteiger charge is 2.46. The third kappa shape index (κ3) is 2.58. The third-order valence-corrected chi connectivity index (χ3v) is 3.89. The topological polar surface area (TPSA) is 59.0 Å². The number of likely N-dealkylation sites (tertiary alicyclic amines) is 1. The van der Waals surface area contributed by atoms with E-state index in [1.165, 1.54) is 0 Å². The first-order valence-electron chi connectivity index (χ1n) is 6.64. The van der Waals surface area contributed by atoms with Gasteiger partial charge in [0, 0.05) is 11.6 Å². The van der Waals surface area contributed by atoms with Gasteiger partial charge < -0.3 is 19.5 Å². The second-order valence-electron chi connectivity index (χ2n) is 5.52. The highest BCUT2D eigenvalue weighted by molar-refractivity contribution is 5.95. The van der Waals surface area contributed by atoms with Crippen LogP contribution in [0.25, 0.3) is 0 Å². The zero-order valence-electron chi connectivity index (χ0n) is 12.3. The van der Waals surface area contributed by atoms with Crippen molar-refractivity contribution in [2.75, 3.05) is 27.3 Å². The van der Waals surface area contributed by atoms with Crippen LogP contribution in [-0.2, 0) is 0 Å². The van der Waals surface area contributed by atoms with Crippen molar-refractivity contribution < 1.29 is 19.4 Å². The summed E-state index contributed by atoms with van der Waals surface area (Å²) >= 11 is 0. The second-order valence-corrected chi connectivity index (χ2v) is 5.52. The van der Waals surface area contributed by atoms with Gasteiger partial charge in [-0.3, -0.25) is 4.79 Å². The average molecular weight is 279 g/mol. The van der Waals surface area contributed by atoms with Crippen molar-refractivity contribution in [2.45, 2.75) is 19.4 Å². The zero-order chi connectivity index (χ0) is 14.9. The average Bonchev–Trinajstić information content (AvgIpc) is 2.42. The Morgan fingerprint density at radius 2 is 1.70 bits per heavy atom. The molecule has 0 spiro atoms. The third-order valence-electron chi connectivity index (χ3n) is 3.89. The molecule has 0 unspecified atom stereocenters. The number of carbonyl (C=O) groups excluding carboxylic acids is 1. The molecule has 2 rings (SSSR count). The fourth-order valence-corrected chi connectivity index (χ4v) is 2.24. The molecule has 1 aromatic carbocycles. The van der Waals surface area contributed by atoms with Crippen LogP contribution < -0.4 is 9.47 Å². The molecular weight excluding hydrogens is 258 g/mol. The predicted molar refractivity (Wildman–Crippen MR) is 75.2 cm³/mol. The molecule has 0 atom stereocenters. The van der Waals surface area contributed by atoms with Crippen molar-refractivity contribution in [1.82, 2.24) is 4.90 Å². The second kappa shape index (κ2) is 5.32. The van der Waals surface area contributed by atoms with Crippen molar-refractivity contribution in [3.05, 3.63) is 23.8 Å². The number of ether oxygens (including phenoxy) is 2. The van der Waals surface area contributed by atoms with Gasteiger partial charge in [0.05, 0.1) is 27.3 Å². The van der Waals surface area contributed by atoms with Crippen LogP contribution in [0, 0.1) is 5.92 Å². The Hall–Kier alpha value is -1.75. The molecule has 1 amide bonds. The Morgan fingerprint density at radius 1 is 1.20 bits per heavy atom. The quantitative estimate of drug-likeness (QED) is 0.908. The van der Waals surface area contributed by atoms with E-state index in [9.17, 15) is 9.90 Å². The van der Waals surface area contributed by atoms with E-state index in [4.69, 9.17) is 9.47 Å². The van der Waals surface area contributed by atoms with Gasteiger partial charge in [0.25, 0.3) is 5.91 Å². The Labute approximate surface area is 119 Å². The Kier molecular flexibility index (Phi) is 3.90. The lowest BCUT2D eigenvalue weighted by Crippen LogP contribution is -2.65. The predicted octanol–water partition coefficient (Wildman–Crippen LogP) is 1.55. The molecule has 1 aromatic rings. The van der Waals surface area contributed by atoms with Crippen LogP contribution in [-0.4, -0.2) is 48.8 Å². The molecule has 0 aromatic heterocycles. The van der Waals surface area contributed by atoms with E-state index in [1.54, 1.807) is 37.3 Å². The SMILES string of the molecule is COc1cc(OC)cc(C(=O)N2CC(O)(C(C)C)C2)c1. The van der Waals surface area contributed by atoms with Crippen LogP contribution in [0.2, 0.25) is 0 Å². The Balaban J connectivity index is 2.15. The molecule has 1 aliphatic heterocycles. The highest BCUT2D eigenvalue weighted by Crippen LogP contribution is 2.31. The fourth-order valence-electron chi connectivity index (χ4n) is 2.24. The van der Waals surface area contributed by atoms with Crippen molar-refractivity contribution in [3.63, 3.8) is 0 Å². The van der Waals surface area contributed by atoms with Crippen molar-refractivity contribution in [1.29, 1.82) is 0 Å². The monoisotopic (exact) mass is 279 g/mol. The molecule has 110 valence electrons. The molecule has 0 radical (unpaired) electrons. The van der Waals surface area contributed by atoms with E-state index in [1.807, 2.05) is 13.8 Å². The molecule has 0 bridgehead atoms. The summed E-state index contributed by atoms with van der Waals surface area (Å²) in [5.41, 5.74) is -0.259. The molecule has 0 aliphatic carbocycles. The summed E-state index contributed by atoms with van der Waals surface area (Å²) in [5, 5.41) is 10.2. The largest absolute Gasteiger partial charge is 0.497 e. The summed E-state index contributed by atoms with van der Waals surface area (Å²) in [4.78, 5) is 14.0. The summed E-state index contributed by atoms with van der Waals surface area (Å²) < 4.78 is 10.3. The summed E-state index contributed by atoms with van der Waals surface area (Å²) in [6.07, 6.45) is 0. The number of hydrogen-bond donors (Lipinski definition) is 1. The maximum Gasteiger partial charge on any atom is 0.254 e. The van der Waals surface area contributed by atoms with Crippen LogP contribution >= 0.6 is 0 Å². The minimum Gasteiger partial charge on any atom is -0.497 e. The van der Waals surface area contributed by atoms with Gasteiger partial charge in [-0.1, -0.05) is 13.8 Å². The zero-order valence-corrected chi connectivity index (χ0v) is 12.3. The van der Waals surface area contributed by atoms with E-state index in [-0.39, 0.29) is 11.8 Å². The first-order chi connectivity index (χ1) is 9.39. The molecule has 1 saturated heterocycles. The molecular formula is C15H21NO4. The molecule has 5 nitrogen and oxygen atoms in total. The maximum atomic E-state index is 12.4. The first-order valence-corrected chi connectivity index (χ1v) is 6.64. The minimum absolute atomic E-state index is 0.118. The van der Waals surface area contributed by atoms with E-state index in [2.05, 4.69) is 0 Å². The lowest BCUT2D eigenvalue weighted by Gasteiger charge is -2.49. The van der Waals surface area contributed by atoms with Crippen LogP contribution in [0.4, 0.5) is 0 Å². The van der Waals surface area contributed by atoms with Crippen molar-refractivity contribution in [3.8, 4) is 11.5 Å². The normalized spacial score (nSPS) is 16.8. The van der Waals surface area contributed by atoms with Gasteiger partial charge in [-0.15, -0.1) is 0 Å². The number of β-amino-alcohol motifs (C(OH)–C–C–N with tert-alkyl or cyclic N) is 1. The number of nitrogens with zero attached hydrogens (tertiary/aromatic N) is 1. The number of amides is 1. The molecule has 1 heterocycles.